The number of aromatic nitrogens is 2. The lowest BCUT2D eigenvalue weighted by Crippen LogP contribution is -2.15. The topological polar surface area (TPSA) is 72.0 Å². The molecule has 1 aromatic heterocycles. The maximum Gasteiger partial charge on any atom is 0.416 e. The van der Waals surface area contributed by atoms with E-state index >= 15 is 0 Å². The molecule has 2 rings (SSSR count). The van der Waals surface area contributed by atoms with Gasteiger partial charge in [0.1, 0.15) is 0 Å². The lowest BCUT2D eigenvalue weighted by Gasteiger charge is -2.10. The molecule has 0 saturated heterocycles. The molecule has 0 fully saturated rings. The predicted molar refractivity (Wildman–Crippen MR) is 69.3 cm³/mol. The van der Waals surface area contributed by atoms with Crippen LogP contribution in [0.5, 0.6) is 0 Å². The average molecular weight is 338 g/mol. The number of benzene rings is 1. The van der Waals surface area contributed by atoms with Gasteiger partial charge in [0, 0.05) is 12.4 Å². The van der Waals surface area contributed by atoms with E-state index < -0.39 is 21.8 Å². The van der Waals surface area contributed by atoms with Crippen molar-refractivity contribution in [1.29, 1.82) is 0 Å². The highest BCUT2D eigenvalue weighted by atomic mass is 35.5. The molecule has 0 aliphatic carbocycles. The van der Waals surface area contributed by atoms with Crippen molar-refractivity contribution in [3.05, 3.63) is 47.4 Å². The third-order valence-electron chi connectivity index (χ3n) is 2.38. The van der Waals surface area contributed by atoms with Gasteiger partial charge < -0.3 is 0 Å². The van der Waals surface area contributed by atoms with Crippen LogP contribution in [0.15, 0.2) is 41.6 Å². The summed E-state index contributed by atoms with van der Waals surface area (Å²) in [6.45, 7) is 0. The quantitative estimate of drug-likeness (QED) is 0.934. The first-order valence-corrected chi connectivity index (χ1v) is 7.23. The molecule has 112 valence electrons. The summed E-state index contributed by atoms with van der Waals surface area (Å²) in [5, 5.41) is -0.173. The zero-order chi connectivity index (χ0) is 15.7. The van der Waals surface area contributed by atoms with E-state index in [2.05, 4.69) is 9.97 Å². The summed E-state index contributed by atoms with van der Waals surface area (Å²) in [6, 6.07) is 3.03. The van der Waals surface area contributed by atoms with E-state index in [4.69, 9.17) is 11.6 Å². The molecule has 2 aromatic rings. The molecular weight excluding hydrogens is 331 g/mol. The van der Waals surface area contributed by atoms with Gasteiger partial charge in [-0.1, -0.05) is 11.6 Å². The van der Waals surface area contributed by atoms with Gasteiger partial charge in [-0.05, 0) is 24.3 Å². The summed E-state index contributed by atoms with van der Waals surface area (Å²) in [7, 11) is -4.10. The van der Waals surface area contributed by atoms with Crippen molar-refractivity contribution in [3.8, 4) is 0 Å². The van der Waals surface area contributed by atoms with E-state index in [1.54, 1.807) is 0 Å². The SMILES string of the molecule is O=S(=O)(Nc1nccnc1Cl)c1ccc(C(F)(F)F)cc1. The molecule has 0 bridgehead atoms. The van der Waals surface area contributed by atoms with Crippen LogP contribution < -0.4 is 4.72 Å². The van der Waals surface area contributed by atoms with Crippen molar-refractivity contribution in [2.24, 2.45) is 0 Å². The van der Waals surface area contributed by atoms with Crippen molar-refractivity contribution < 1.29 is 21.6 Å². The third-order valence-corrected chi connectivity index (χ3v) is 4.01. The number of sulfonamides is 1. The predicted octanol–water partition coefficient (Wildman–Crippen LogP) is 2.95. The van der Waals surface area contributed by atoms with Crippen LogP contribution in [0.25, 0.3) is 0 Å². The molecule has 0 radical (unpaired) electrons. The molecule has 1 heterocycles. The Morgan fingerprint density at radius 1 is 1.05 bits per heavy atom. The van der Waals surface area contributed by atoms with E-state index in [1.807, 2.05) is 4.72 Å². The van der Waals surface area contributed by atoms with Gasteiger partial charge in [-0.25, -0.2) is 18.4 Å². The molecule has 0 aliphatic heterocycles. The fourth-order valence-electron chi connectivity index (χ4n) is 1.40. The highest BCUT2D eigenvalue weighted by molar-refractivity contribution is 7.92. The van der Waals surface area contributed by atoms with Gasteiger partial charge >= 0.3 is 6.18 Å². The number of hydrogen-bond donors (Lipinski definition) is 1. The van der Waals surface area contributed by atoms with Gasteiger partial charge in [-0.2, -0.15) is 13.2 Å². The van der Waals surface area contributed by atoms with Crippen molar-refractivity contribution in [1.82, 2.24) is 9.97 Å². The zero-order valence-corrected chi connectivity index (χ0v) is 11.7. The van der Waals surface area contributed by atoms with Crippen molar-refractivity contribution in [2.75, 3.05) is 4.72 Å². The van der Waals surface area contributed by atoms with Gasteiger partial charge in [0.2, 0.25) is 0 Å². The maximum absolute atomic E-state index is 12.4. The first-order valence-electron chi connectivity index (χ1n) is 5.37. The number of alkyl halides is 3. The Labute approximate surface area is 122 Å². The van der Waals surface area contributed by atoms with Gasteiger partial charge in [0.15, 0.2) is 11.0 Å². The van der Waals surface area contributed by atoms with Gasteiger partial charge in [-0.15, -0.1) is 0 Å². The van der Waals surface area contributed by atoms with Crippen LogP contribution in [0.1, 0.15) is 5.56 Å². The van der Waals surface area contributed by atoms with Crippen molar-refractivity contribution in [2.45, 2.75) is 11.1 Å². The Bertz CT molecular complexity index is 748. The monoisotopic (exact) mass is 337 g/mol. The normalized spacial score (nSPS) is 12.2. The van der Waals surface area contributed by atoms with Crippen LogP contribution in [0.2, 0.25) is 5.15 Å². The van der Waals surface area contributed by atoms with Gasteiger partial charge in [0.25, 0.3) is 10.0 Å². The van der Waals surface area contributed by atoms with Crippen LogP contribution in [-0.2, 0) is 16.2 Å². The summed E-state index contributed by atoms with van der Waals surface area (Å²) in [5.41, 5.74) is -0.945. The molecule has 0 aliphatic rings. The van der Waals surface area contributed by atoms with E-state index in [0.29, 0.717) is 12.1 Å². The highest BCUT2D eigenvalue weighted by Crippen LogP contribution is 2.30. The second kappa shape index (κ2) is 5.49. The van der Waals surface area contributed by atoms with E-state index in [9.17, 15) is 21.6 Å². The van der Waals surface area contributed by atoms with Crippen LogP contribution in [0.4, 0.5) is 19.0 Å². The number of rotatable bonds is 3. The van der Waals surface area contributed by atoms with Crippen molar-refractivity contribution >= 4 is 27.4 Å². The molecule has 0 amide bonds. The van der Waals surface area contributed by atoms with E-state index in [1.165, 1.54) is 12.4 Å². The number of anilines is 1. The second-order valence-electron chi connectivity index (χ2n) is 3.82. The summed E-state index contributed by atoms with van der Waals surface area (Å²) in [5.74, 6) is -0.209. The molecule has 1 N–H and O–H groups in total. The molecule has 0 spiro atoms. The van der Waals surface area contributed by atoms with Crippen molar-refractivity contribution in [3.63, 3.8) is 0 Å². The lowest BCUT2D eigenvalue weighted by molar-refractivity contribution is -0.137. The van der Waals surface area contributed by atoms with Crippen LogP contribution >= 0.6 is 11.6 Å². The Balaban J connectivity index is 2.30. The number of halogens is 4. The summed E-state index contributed by atoms with van der Waals surface area (Å²) in [6.07, 6.45) is -2.06. The Morgan fingerprint density at radius 3 is 2.14 bits per heavy atom. The maximum atomic E-state index is 12.4. The highest BCUT2D eigenvalue weighted by Gasteiger charge is 2.30. The molecule has 0 unspecified atom stereocenters. The lowest BCUT2D eigenvalue weighted by atomic mass is 10.2. The molecule has 0 atom stereocenters. The van der Waals surface area contributed by atoms with Crippen LogP contribution in [0, 0.1) is 0 Å². The fraction of sp³-hybridized carbons (Fsp3) is 0.0909. The standard InChI is InChI=1S/C11H7ClF3N3O2S/c12-9-10(17-6-5-16-9)18-21(19,20)8-3-1-7(2-4-8)11(13,14)15/h1-6H,(H,17,18). The Morgan fingerprint density at radius 2 is 1.62 bits per heavy atom. The van der Waals surface area contributed by atoms with E-state index in [-0.39, 0.29) is 15.9 Å². The molecule has 1 aromatic carbocycles. The van der Waals surface area contributed by atoms with Crippen LogP contribution in [-0.4, -0.2) is 18.4 Å². The molecule has 10 heteroatoms. The second-order valence-corrected chi connectivity index (χ2v) is 5.86. The summed E-state index contributed by atoms with van der Waals surface area (Å²) >= 11 is 5.65. The molecule has 0 saturated carbocycles. The Kier molecular flexibility index (Phi) is 4.06. The number of hydrogen-bond acceptors (Lipinski definition) is 4. The first-order chi connectivity index (χ1) is 9.70. The largest absolute Gasteiger partial charge is 0.416 e. The zero-order valence-electron chi connectivity index (χ0n) is 10.1. The summed E-state index contributed by atoms with van der Waals surface area (Å²) in [4.78, 5) is 6.96. The average Bonchev–Trinajstić information content (AvgIpc) is 2.40. The first kappa shape index (κ1) is 15.5. The Hall–Kier alpha value is -1.87. The van der Waals surface area contributed by atoms with E-state index in [0.717, 1.165) is 12.1 Å². The van der Waals surface area contributed by atoms with Gasteiger partial charge in [-0.3, -0.25) is 4.72 Å². The number of nitrogens with one attached hydrogen (secondary N) is 1. The van der Waals surface area contributed by atoms with Crippen LogP contribution in [0.3, 0.4) is 0 Å². The molecular formula is C11H7ClF3N3O2S. The minimum Gasteiger partial charge on any atom is -0.261 e. The minimum atomic E-state index is -4.54. The van der Waals surface area contributed by atoms with Gasteiger partial charge in [0.05, 0.1) is 10.5 Å². The molecule has 5 nitrogen and oxygen atoms in total. The smallest absolute Gasteiger partial charge is 0.261 e. The third kappa shape index (κ3) is 3.61. The summed E-state index contributed by atoms with van der Waals surface area (Å²) < 4.78 is 63.3. The fourth-order valence-corrected chi connectivity index (χ4v) is 2.62. The minimum absolute atomic E-state index is 0.173. The number of nitrogens with zero attached hydrogens (tertiary/aromatic N) is 2. The molecule has 21 heavy (non-hydrogen) atoms.